The smallest absolute Gasteiger partial charge is 0.306 e. The second kappa shape index (κ2) is 6.71. The molecule has 21 heavy (non-hydrogen) atoms. The summed E-state index contributed by atoms with van der Waals surface area (Å²) in [6.45, 7) is 1.99. The molecule has 0 heterocycles. The van der Waals surface area contributed by atoms with Gasteiger partial charge < -0.3 is 10.2 Å². The van der Waals surface area contributed by atoms with Gasteiger partial charge in [-0.25, -0.2) is 0 Å². The molecule has 2 rings (SSSR count). The number of aliphatic hydroxyl groups is 1. The van der Waals surface area contributed by atoms with Gasteiger partial charge in [-0.15, -0.1) is 0 Å². The van der Waals surface area contributed by atoms with E-state index in [0.29, 0.717) is 31.4 Å². The molecule has 1 aromatic rings. The zero-order valence-corrected chi connectivity index (χ0v) is 13.1. The minimum Gasteiger partial charge on any atom is -0.481 e. The van der Waals surface area contributed by atoms with Crippen molar-refractivity contribution in [1.82, 2.24) is 0 Å². The van der Waals surface area contributed by atoms with Gasteiger partial charge in [0.2, 0.25) is 0 Å². The number of carbonyl (C=O) groups is 1. The molecule has 0 spiro atoms. The molecule has 116 valence electrons. The molecule has 0 saturated heterocycles. The van der Waals surface area contributed by atoms with Crippen LogP contribution in [0.25, 0.3) is 0 Å². The van der Waals surface area contributed by atoms with Gasteiger partial charge in [-0.2, -0.15) is 0 Å². The second-order valence-corrected chi connectivity index (χ2v) is 7.45. The summed E-state index contributed by atoms with van der Waals surface area (Å²) >= 11 is 0. The SMILES string of the molecule is Cc1ccccc1CS(=O)CC1(O)CCC(C(=O)O)CC1. The van der Waals surface area contributed by atoms with E-state index in [1.165, 1.54) is 0 Å². The van der Waals surface area contributed by atoms with Crippen molar-refractivity contribution in [2.75, 3.05) is 5.75 Å². The Bertz CT molecular complexity index is 533. The quantitative estimate of drug-likeness (QED) is 0.875. The molecular weight excluding hydrogens is 288 g/mol. The van der Waals surface area contributed by atoms with E-state index in [9.17, 15) is 14.1 Å². The first-order chi connectivity index (χ1) is 9.89. The van der Waals surface area contributed by atoms with Gasteiger partial charge in [0.05, 0.1) is 17.3 Å². The Hall–Kier alpha value is -1.20. The van der Waals surface area contributed by atoms with Crippen LogP contribution in [0.15, 0.2) is 24.3 Å². The number of carboxylic acids is 1. The van der Waals surface area contributed by atoms with Crippen LogP contribution in [0, 0.1) is 12.8 Å². The van der Waals surface area contributed by atoms with Crippen molar-refractivity contribution in [1.29, 1.82) is 0 Å². The molecule has 1 aromatic carbocycles. The number of hydrogen-bond acceptors (Lipinski definition) is 3. The standard InChI is InChI=1S/C16H22O4S/c1-12-4-2-3-5-14(12)10-21(20)11-16(19)8-6-13(7-9-16)15(17)18/h2-5,13,19H,6-11H2,1H3,(H,17,18). The fraction of sp³-hybridized carbons (Fsp3) is 0.562. The lowest BCUT2D eigenvalue weighted by Crippen LogP contribution is -2.40. The lowest BCUT2D eigenvalue weighted by atomic mass is 9.80. The number of benzene rings is 1. The van der Waals surface area contributed by atoms with Crippen LogP contribution in [0.4, 0.5) is 0 Å². The van der Waals surface area contributed by atoms with Crippen molar-refractivity contribution in [3.8, 4) is 0 Å². The van der Waals surface area contributed by atoms with Gasteiger partial charge in [0.25, 0.3) is 0 Å². The van der Waals surface area contributed by atoms with Crippen LogP contribution in [-0.2, 0) is 21.3 Å². The monoisotopic (exact) mass is 310 g/mol. The number of rotatable bonds is 5. The molecule has 0 amide bonds. The summed E-state index contributed by atoms with van der Waals surface area (Å²) in [4.78, 5) is 10.9. The maximum absolute atomic E-state index is 12.3. The van der Waals surface area contributed by atoms with Crippen molar-refractivity contribution in [2.24, 2.45) is 5.92 Å². The van der Waals surface area contributed by atoms with E-state index in [0.717, 1.165) is 11.1 Å². The molecule has 1 fully saturated rings. The minimum atomic E-state index is -1.14. The Morgan fingerprint density at radius 3 is 2.52 bits per heavy atom. The molecule has 5 heteroatoms. The Balaban J connectivity index is 1.91. The van der Waals surface area contributed by atoms with Gasteiger partial charge in [0.15, 0.2) is 0 Å². The molecule has 0 aromatic heterocycles. The largest absolute Gasteiger partial charge is 0.481 e. The highest BCUT2D eigenvalue weighted by atomic mass is 32.2. The van der Waals surface area contributed by atoms with Gasteiger partial charge in [-0.3, -0.25) is 9.00 Å². The van der Waals surface area contributed by atoms with E-state index >= 15 is 0 Å². The minimum absolute atomic E-state index is 0.230. The molecule has 4 nitrogen and oxygen atoms in total. The summed E-state index contributed by atoms with van der Waals surface area (Å²) in [5, 5.41) is 19.5. The maximum atomic E-state index is 12.3. The first kappa shape index (κ1) is 16.2. The van der Waals surface area contributed by atoms with Crippen LogP contribution in [0.3, 0.4) is 0 Å². The van der Waals surface area contributed by atoms with Crippen molar-refractivity contribution in [2.45, 2.75) is 44.0 Å². The van der Waals surface area contributed by atoms with E-state index in [1.807, 2.05) is 31.2 Å². The Labute approximate surface area is 127 Å². The van der Waals surface area contributed by atoms with Crippen LogP contribution in [0.5, 0.6) is 0 Å². The normalized spacial score (nSPS) is 27.2. The number of aliphatic carboxylic acids is 1. The van der Waals surface area contributed by atoms with Gasteiger partial charge in [0.1, 0.15) is 0 Å². The number of aryl methyl sites for hydroxylation is 1. The molecule has 1 atom stereocenters. The lowest BCUT2D eigenvalue weighted by Gasteiger charge is -2.34. The zero-order valence-electron chi connectivity index (χ0n) is 12.2. The summed E-state index contributed by atoms with van der Waals surface area (Å²) < 4.78 is 12.3. The second-order valence-electron chi connectivity index (χ2n) is 5.99. The van der Waals surface area contributed by atoms with Crippen molar-refractivity contribution in [3.05, 3.63) is 35.4 Å². The van der Waals surface area contributed by atoms with Gasteiger partial charge >= 0.3 is 5.97 Å². The van der Waals surface area contributed by atoms with E-state index in [2.05, 4.69) is 0 Å². The third-order valence-electron chi connectivity index (χ3n) is 4.27. The summed E-state index contributed by atoms with van der Waals surface area (Å²) in [5.41, 5.74) is 1.17. The zero-order chi connectivity index (χ0) is 15.5. The molecule has 2 N–H and O–H groups in total. The molecule has 1 aliphatic carbocycles. The van der Waals surface area contributed by atoms with Crippen LogP contribution >= 0.6 is 0 Å². The van der Waals surface area contributed by atoms with Gasteiger partial charge in [-0.05, 0) is 43.7 Å². The van der Waals surface area contributed by atoms with Gasteiger partial charge in [0, 0.05) is 16.6 Å². The topological polar surface area (TPSA) is 74.6 Å². The lowest BCUT2D eigenvalue weighted by molar-refractivity contribution is -0.144. The summed E-state index contributed by atoms with van der Waals surface area (Å²) in [6, 6.07) is 7.81. The van der Waals surface area contributed by atoms with Crippen molar-refractivity contribution in [3.63, 3.8) is 0 Å². The Morgan fingerprint density at radius 2 is 1.95 bits per heavy atom. The molecule has 0 radical (unpaired) electrons. The number of hydrogen-bond donors (Lipinski definition) is 2. The predicted octanol–water partition coefficient (Wildman–Crippen LogP) is 2.25. The fourth-order valence-corrected chi connectivity index (χ4v) is 4.50. The maximum Gasteiger partial charge on any atom is 0.306 e. The molecular formula is C16H22O4S. The highest BCUT2D eigenvalue weighted by molar-refractivity contribution is 7.84. The fourth-order valence-electron chi connectivity index (χ4n) is 2.84. The molecule has 1 saturated carbocycles. The molecule has 1 aliphatic rings. The Kier molecular flexibility index (Phi) is 5.17. The average molecular weight is 310 g/mol. The van der Waals surface area contributed by atoms with Crippen LogP contribution in [-0.4, -0.2) is 31.7 Å². The van der Waals surface area contributed by atoms with Crippen molar-refractivity contribution < 1.29 is 19.2 Å². The summed E-state index contributed by atoms with van der Waals surface area (Å²) in [5.74, 6) is -0.487. The van der Waals surface area contributed by atoms with Crippen LogP contribution < -0.4 is 0 Å². The predicted molar refractivity (Wildman–Crippen MR) is 82.4 cm³/mol. The number of carboxylic acid groups (broad SMARTS) is 1. The van der Waals surface area contributed by atoms with Crippen LogP contribution in [0.1, 0.15) is 36.8 Å². The average Bonchev–Trinajstić information content (AvgIpc) is 2.41. The molecule has 1 unspecified atom stereocenters. The van der Waals surface area contributed by atoms with E-state index < -0.39 is 22.4 Å². The third-order valence-corrected chi connectivity index (χ3v) is 5.77. The molecule has 0 bridgehead atoms. The Morgan fingerprint density at radius 1 is 1.33 bits per heavy atom. The highest BCUT2D eigenvalue weighted by Crippen LogP contribution is 2.33. The summed E-state index contributed by atoms with van der Waals surface area (Å²) in [7, 11) is -1.14. The van der Waals surface area contributed by atoms with Gasteiger partial charge in [-0.1, -0.05) is 24.3 Å². The molecule has 0 aliphatic heterocycles. The third kappa shape index (κ3) is 4.38. The van der Waals surface area contributed by atoms with Crippen molar-refractivity contribution >= 4 is 16.8 Å². The van der Waals surface area contributed by atoms with E-state index in [4.69, 9.17) is 5.11 Å². The van der Waals surface area contributed by atoms with Crippen LogP contribution in [0.2, 0.25) is 0 Å². The highest BCUT2D eigenvalue weighted by Gasteiger charge is 2.37. The first-order valence-electron chi connectivity index (χ1n) is 7.24. The first-order valence-corrected chi connectivity index (χ1v) is 8.73. The summed E-state index contributed by atoms with van der Waals surface area (Å²) in [6.07, 6.45) is 1.77. The van der Waals surface area contributed by atoms with E-state index in [-0.39, 0.29) is 11.7 Å². The van der Waals surface area contributed by atoms with E-state index in [1.54, 1.807) is 0 Å².